The van der Waals surface area contributed by atoms with Gasteiger partial charge in [0, 0.05) is 51.6 Å². The normalized spacial score (nSPS) is 21.5. The van der Waals surface area contributed by atoms with E-state index in [0.29, 0.717) is 12.1 Å². The molecule has 2 aliphatic rings. The summed E-state index contributed by atoms with van der Waals surface area (Å²) < 4.78 is 140. The predicted molar refractivity (Wildman–Crippen MR) is 134 cm³/mol. The Kier molecular flexibility index (Phi) is 8.37. The number of hydrogen-bond donors (Lipinski definition) is 1. The molecule has 16 heteroatoms. The summed E-state index contributed by atoms with van der Waals surface area (Å²) in [6.07, 6.45) is -13.0. The van der Waals surface area contributed by atoms with E-state index in [-0.39, 0.29) is 56.7 Å². The first-order valence-electron chi connectivity index (χ1n) is 12.9. The third kappa shape index (κ3) is 5.47. The Bertz CT molecular complexity index is 1460. The van der Waals surface area contributed by atoms with Gasteiger partial charge < -0.3 is 15.0 Å². The average molecular weight is 643 g/mol. The Balaban J connectivity index is 1.83. The number of carbonyl (C=O) groups excluding carboxylic acids is 2. The number of hydrogen-bond acceptors (Lipinski definition) is 5. The highest BCUT2D eigenvalue weighted by molar-refractivity contribution is 7.92. The molecule has 0 radical (unpaired) electrons. The smallest absolute Gasteiger partial charge is 0.381 e. The van der Waals surface area contributed by atoms with Crippen LogP contribution in [0.5, 0.6) is 0 Å². The predicted octanol–water partition coefficient (Wildman–Crippen LogP) is 4.70. The van der Waals surface area contributed by atoms with E-state index in [0.717, 1.165) is 29.2 Å². The quantitative estimate of drug-likeness (QED) is 0.365. The van der Waals surface area contributed by atoms with Crippen LogP contribution in [-0.4, -0.2) is 69.3 Å². The number of nitrogens with one attached hydrogen (secondary N) is 1. The summed E-state index contributed by atoms with van der Waals surface area (Å²) >= 11 is 0. The van der Waals surface area contributed by atoms with Crippen molar-refractivity contribution in [2.75, 3.05) is 26.3 Å². The van der Waals surface area contributed by atoms with Gasteiger partial charge in [-0.3, -0.25) is 9.59 Å². The molecule has 0 bridgehead atoms. The molecule has 2 aromatic rings. The Hall–Kier alpha value is -3.27. The number of nitrogens with zero attached hydrogens (tertiary/aromatic N) is 1. The first-order chi connectivity index (χ1) is 19.8. The molecule has 4 rings (SSSR count). The first kappa shape index (κ1) is 32.6. The van der Waals surface area contributed by atoms with Gasteiger partial charge in [-0.2, -0.15) is 26.3 Å². The fraction of sp³-hybridized carbons (Fsp3) is 0.481. The number of sulfone groups is 1. The Morgan fingerprint density at radius 2 is 1.40 bits per heavy atom. The molecule has 1 unspecified atom stereocenters. The second-order valence-corrected chi connectivity index (χ2v) is 12.8. The third-order valence-electron chi connectivity index (χ3n) is 7.92. The standard InChI is InChI=1S/C27H26F8N2O5S/c1-17(38)36-23(11-14-42-15-12-23)22(39)37-13-10-24(16-37,43(40,41)21-8-6-20(28)7-9-21)18-2-4-19(5-3-18)25(29,26(30,31)32)27(33,34)35/h2-9H,10-16H2,1H3,(H,36,38). The van der Waals surface area contributed by atoms with E-state index in [1.807, 2.05) is 0 Å². The van der Waals surface area contributed by atoms with Gasteiger partial charge in [0.15, 0.2) is 9.84 Å². The lowest BCUT2D eigenvalue weighted by Crippen LogP contribution is -2.61. The largest absolute Gasteiger partial charge is 0.435 e. The third-order valence-corrected chi connectivity index (χ3v) is 10.4. The zero-order chi connectivity index (χ0) is 32.1. The van der Waals surface area contributed by atoms with Crippen molar-refractivity contribution in [3.63, 3.8) is 0 Å². The minimum atomic E-state index is -6.39. The van der Waals surface area contributed by atoms with Crippen molar-refractivity contribution in [2.24, 2.45) is 0 Å². The number of halogens is 8. The van der Waals surface area contributed by atoms with Crippen LogP contribution in [0, 0.1) is 5.82 Å². The summed E-state index contributed by atoms with van der Waals surface area (Å²) in [5.41, 5.74) is -9.32. The summed E-state index contributed by atoms with van der Waals surface area (Å²) in [6, 6.07) is 5.27. The van der Waals surface area contributed by atoms with Crippen molar-refractivity contribution in [1.29, 1.82) is 0 Å². The van der Waals surface area contributed by atoms with E-state index in [1.54, 1.807) is 0 Å². The molecule has 43 heavy (non-hydrogen) atoms. The molecular formula is C27H26F8N2O5S. The van der Waals surface area contributed by atoms with Crippen molar-refractivity contribution in [2.45, 2.75) is 59.4 Å². The van der Waals surface area contributed by atoms with Gasteiger partial charge in [0.25, 0.3) is 0 Å². The van der Waals surface area contributed by atoms with Crippen LogP contribution < -0.4 is 5.32 Å². The molecule has 2 amide bonds. The van der Waals surface area contributed by atoms with E-state index in [1.165, 1.54) is 6.92 Å². The number of carbonyl (C=O) groups is 2. The van der Waals surface area contributed by atoms with Gasteiger partial charge in [0.1, 0.15) is 16.1 Å². The van der Waals surface area contributed by atoms with E-state index in [9.17, 15) is 53.1 Å². The molecule has 7 nitrogen and oxygen atoms in total. The molecule has 236 valence electrons. The van der Waals surface area contributed by atoms with Crippen molar-refractivity contribution >= 4 is 21.7 Å². The topological polar surface area (TPSA) is 92.8 Å². The van der Waals surface area contributed by atoms with Gasteiger partial charge in [0.05, 0.1) is 4.90 Å². The number of benzene rings is 2. The maximum atomic E-state index is 14.7. The maximum absolute atomic E-state index is 14.7. The van der Waals surface area contributed by atoms with Crippen molar-refractivity contribution in [3.05, 3.63) is 65.5 Å². The summed E-state index contributed by atoms with van der Waals surface area (Å²) in [7, 11) is -4.63. The summed E-state index contributed by atoms with van der Waals surface area (Å²) in [4.78, 5) is 26.5. The summed E-state index contributed by atoms with van der Waals surface area (Å²) in [5.74, 6) is -1.98. The lowest BCUT2D eigenvalue weighted by Gasteiger charge is -2.39. The highest BCUT2D eigenvalue weighted by Gasteiger charge is 2.73. The van der Waals surface area contributed by atoms with Gasteiger partial charge in [-0.05, 0) is 36.2 Å². The monoisotopic (exact) mass is 642 g/mol. The second kappa shape index (κ2) is 11.0. The van der Waals surface area contributed by atoms with Crippen LogP contribution in [-0.2, 0) is 34.6 Å². The SMILES string of the molecule is CC(=O)NC1(C(=O)N2CCC(c3ccc(C(F)(C(F)(F)F)C(F)(F)F)cc3)(S(=O)(=O)c3ccc(F)cc3)C2)CCOCC1. The molecule has 1 N–H and O–H groups in total. The van der Waals surface area contributed by atoms with Gasteiger partial charge in [-0.15, -0.1) is 0 Å². The van der Waals surface area contributed by atoms with Crippen LogP contribution in [0.15, 0.2) is 53.4 Å². The highest BCUT2D eigenvalue weighted by Crippen LogP contribution is 2.54. The molecule has 2 fully saturated rings. The van der Waals surface area contributed by atoms with Crippen molar-refractivity contribution in [1.82, 2.24) is 10.2 Å². The van der Waals surface area contributed by atoms with E-state index in [4.69, 9.17) is 4.74 Å². The molecule has 2 aliphatic heterocycles. The minimum absolute atomic E-state index is 0.0573. The fourth-order valence-corrected chi connectivity index (χ4v) is 7.73. The molecule has 1 atom stereocenters. The van der Waals surface area contributed by atoms with Crippen molar-refractivity contribution < 1.29 is 57.9 Å². The molecule has 0 spiro atoms. The van der Waals surface area contributed by atoms with Crippen LogP contribution in [0.4, 0.5) is 35.1 Å². The Morgan fingerprint density at radius 1 is 0.860 bits per heavy atom. The molecule has 0 saturated carbocycles. The number of rotatable bonds is 6. The average Bonchev–Trinajstić information content (AvgIpc) is 3.39. The van der Waals surface area contributed by atoms with Crippen LogP contribution in [0.2, 0.25) is 0 Å². The molecule has 2 aromatic carbocycles. The van der Waals surface area contributed by atoms with Crippen molar-refractivity contribution in [3.8, 4) is 0 Å². The molecule has 0 aliphatic carbocycles. The van der Waals surface area contributed by atoms with E-state index in [2.05, 4.69) is 5.32 Å². The maximum Gasteiger partial charge on any atom is 0.435 e. The summed E-state index contributed by atoms with van der Waals surface area (Å²) in [6.45, 7) is 0.535. The van der Waals surface area contributed by atoms with Crippen LogP contribution in [0.1, 0.15) is 37.3 Å². The fourth-order valence-electron chi connectivity index (χ4n) is 5.65. The minimum Gasteiger partial charge on any atom is -0.381 e. The molecular weight excluding hydrogens is 616 g/mol. The summed E-state index contributed by atoms with van der Waals surface area (Å²) in [5, 5.41) is 2.61. The zero-order valence-electron chi connectivity index (χ0n) is 22.5. The zero-order valence-corrected chi connectivity index (χ0v) is 23.3. The number of amides is 2. The molecule has 2 heterocycles. The van der Waals surface area contributed by atoms with Crippen LogP contribution >= 0.6 is 0 Å². The van der Waals surface area contributed by atoms with E-state index < -0.39 is 72.8 Å². The van der Waals surface area contributed by atoms with Gasteiger partial charge >= 0.3 is 18.0 Å². The van der Waals surface area contributed by atoms with Crippen LogP contribution in [0.25, 0.3) is 0 Å². The van der Waals surface area contributed by atoms with E-state index >= 15 is 0 Å². The first-order valence-corrected chi connectivity index (χ1v) is 14.4. The second-order valence-electron chi connectivity index (χ2n) is 10.5. The lowest BCUT2D eigenvalue weighted by molar-refractivity contribution is -0.348. The highest BCUT2D eigenvalue weighted by atomic mass is 32.2. The number of likely N-dealkylation sites (tertiary alicyclic amines) is 1. The number of alkyl halides is 7. The molecule has 0 aromatic heterocycles. The van der Waals surface area contributed by atoms with Gasteiger partial charge in [-0.25, -0.2) is 17.2 Å². The Morgan fingerprint density at radius 3 is 1.88 bits per heavy atom. The lowest BCUT2D eigenvalue weighted by atomic mass is 9.88. The van der Waals surface area contributed by atoms with Crippen LogP contribution in [0.3, 0.4) is 0 Å². The van der Waals surface area contributed by atoms with Gasteiger partial charge in [-0.1, -0.05) is 24.3 Å². The van der Waals surface area contributed by atoms with Gasteiger partial charge in [0.2, 0.25) is 11.8 Å². The number of ether oxygens (including phenoxy) is 1. The molecule has 2 saturated heterocycles. The Labute approximate surface area is 241 Å².